The molecule has 0 spiro atoms. The summed E-state index contributed by atoms with van der Waals surface area (Å²) < 4.78 is 5.40. The smallest absolute Gasteiger partial charge is 0.335 e. The van der Waals surface area contributed by atoms with Gasteiger partial charge in [-0.15, -0.1) is 0 Å². The van der Waals surface area contributed by atoms with Crippen LogP contribution in [-0.4, -0.2) is 35.5 Å². The number of rotatable bonds is 5. The molecule has 1 heterocycles. The lowest BCUT2D eigenvalue weighted by atomic mass is 9.94. The first kappa shape index (κ1) is 18.0. The van der Waals surface area contributed by atoms with Crippen LogP contribution in [0.1, 0.15) is 46.3 Å². The summed E-state index contributed by atoms with van der Waals surface area (Å²) in [4.78, 5) is 25.8. The molecule has 5 heteroatoms. The van der Waals surface area contributed by atoms with E-state index in [-0.39, 0.29) is 17.4 Å². The van der Waals surface area contributed by atoms with Gasteiger partial charge in [0.1, 0.15) is 5.75 Å². The molecule has 0 aromatic heterocycles. The first-order chi connectivity index (χ1) is 12.5. The number of para-hydroxylation sites is 1. The molecule has 0 fully saturated rings. The quantitative estimate of drug-likeness (QED) is 0.894. The minimum Gasteiger partial charge on any atom is -0.496 e. The predicted molar refractivity (Wildman–Crippen MR) is 98.5 cm³/mol. The maximum Gasteiger partial charge on any atom is 0.335 e. The Balaban J connectivity index is 1.71. The normalized spacial score (nSPS) is 14.5. The summed E-state index contributed by atoms with van der Waals surface area (Å²) in [6.07, 6.45) is 1.15. The second kappa shape index (κ2) is 7.60. The first-order valence-corrected chi connectivity index (χ1v) is 8.75. The van der Waals surface area contributed by atoms with E-state index in [4.69, 9.17) is 9.84 Å². The van der Waals surface area contributed by atoms with Gasteiger partial charge in [0.05, 0.1) is 12.7 Å². The standard InChI is InChI=1S/C21H23NO4/c1-14(18-5-3-4-6-19(18)26-2)11-20(23)22-10-9-15-7-8-16(21(24)25)12-17(15)13-22/h3-8,12,14H,9-11,13H2,1-2H3,(H,24,25). The van der Waals surface area contributed by atoms with Crippen molar-refractivity contribution in [3.63, 3.8) is 0 Å². The summed E-state index contributed by atoms with van der Waals surface area (Å²) >= 11 is 0. The van der Waals surface area contributed by atoms with E-state index in [1.54, 1.807) is 19.2 Å². The zero-order chi connectivity index (χ0) is 18.7. The van der Waals surface area contributed by atoms with Gasteiger partial charge in [0.25, 0.3) is 0 Å². The number of fused-ring (bicyclic) bond motifs is 1. The molecule has 1 aliphatic rings. The molecule has 1 N–H and O–H groups in total. The number of amides is 1. The van der Waals surface area contributed by atoms with Gasteiger partial charge >= 0.3 is 5.97 Å². The Labute approximate surface area is 153 Å². The highest BCUT2D eigenvalue weighted by Crippen LogP contribution is 2.30. The van der Waals surface area contributed by atoms with Gasteiger partial charge in [-0.1, -0.05) is 31.2 Å². The summed E-state index contributed by atoms with van der Waals surface area (Å²) in [7, 11) is 1.63. The molecule has 1 aliphatic heterocycles. The van der Waals surface area contributed by atoms with Gasteiger partial charge in [-0.3, -0.25) is 4.79 Å². The average molecular weight is 353 g/mol. The van der Waals surface area contributed by atoms with Gasteiger partial charge in [0.2, 0.25) is 5.91 Å². The number of carbonyl (C=O) groups is 2. The SMILES string of the molecule is COc1ccccc1C(C)CC(=O)N1CCc2ccc(C(=O)O)cc2C1. The number of nitrogens with zero attached hydrogens (tertiary/aromatic N) is 1. The fraction of sp³-hybridized carbons (Fsp3) is 0.333. The molecule has 0 saturated carbocycles. The average Bonchev–Trinajstić information content (AvgIpc) is 2.66. The van der Waals surface area contributed by atoms with E-state index in [9.17, 15) is 9.59 Å². The Kier molecular flexibility index (Phi) is 5.26. The number of hydrogen-bond donors (Lipinski definition) is 1. The molecule has 1 unspecified atom stereocenters. The van der Waals surface area contributed by atoms with Crippen molar-refractivity contribution in [2.75, 3.05) is 13.7 Å². The van der Waals surface area contributed by atoms with Gasteiger partial charge in [0, 0.05) is 19.5 Å². The molecule has 0 saturated heterocycles. The van der Waals surface area contributed by atoms with Gasteiger partial charge in [-0.05, 0) is 47.2 Å². The van der Waals surface area contributed by atoms with Crippen LogP contribution in [0.5, 0.6) is 5.75 Å². The van der Waals surface area contributed by atoms with Crippen molar-refractivity contribution in [3.05, 3.63) is 64.7 Å². The lowest BCUT2D eigenvalue weighted by molar-refractivity contribution is -0.132. The highest BCUT2D eigenvalue weighted by atomic mass is 16.5. The Morgan fingerprint density at radius 3 is 2.69 bits per heavy atom. The summed E-state index contributed by atoms with van der Waals surface area (Å²) in [6.45, 7) is 3.15. The van der Waals surface area contributed by atoms with Crippen molar-refractivity contribution in [2.24, 2.45) is 0 Å². The van der Waals surface area contributed by atoms with Gasteiger partial charge in [-0.2, -0.15) is 0 Å². The number of aromatic carboxylic acids is 1. The molecule has 136 valence electrons. The molecule has 26 heavy (non-hydrogen) atoms. The lowest BCUT2D eigenvalue weighted by Crippen LogP contribution is -2.36. The van der Waals surface area contributed by atoms with Crippen molar-refractivity contribution >= 4 is 11.9 Å². The molecule has 0 bridgehead atoms. The Morgan fingerprint density at radius 1 is 1.19 bits per heavy atom. The minimum absolute atomic E-state index is 0.0467. The van der Waals surface area contributed by atoms with E-state index < -0.39 is 5.97 Å². The van der Waals surface area contributed by atoms with Crippen molar-refractivity contribution in [2.45, 2.75) is 32.2 Å². The second-order valence-corrected chi connectivity index (χ2v) is 6.70. The van der Waals surface area contributed by atoms with Crippen LogP contribution in [0.25, 0.3) is 0 Å². The summed E-state index contributed by atoms with van der Waals surface area (Å²) in [6, 6.07) is 12.9. The lowest BCUT2D eigenvalue weighted by Gasteiger charge is -2.30. The van der Waals surface area contributed by atoms with Crippen LogP contribution in [0.2, 0.25) is 0 Å². The molecule has 1 amide bonds. The van der Waals surface area contributed by atoms with E-state index in [1.807, 2.05) is 42.2 Å². The summed E-state index contributed by atoms with van der Waals surface area (Å²) in [5.41, 5.74) is 3.33. The van der Waals surface area contributed by atoms with Crippen LogP contribution in [0.4, 0.5) is 0 Å². The van der Waals surface area contributed by atoms with E-state index in [2.05, 4.69) is 0 Å². The molecule has 0 radical (unpaired) electrons. The van der Waals surface area contributed by atoms with Crippen LogP contribution in [0.3, 0.4) is 0 Å². The number of hydrogen-bond acceptors (Lipinski definition) is 3. The number of carboxylic acids is 1. The molecule has 2 aromatic rings. The third-order valence-electron chi connectivity index (χ3n) is 4.97. The highest BCUT2D eigenvalue weighted by molar-refractivity contribution is 5.88. The van der Waals surface area contributed by atoms with E-state index >= 15 is 0 Å². The third kappa shape index (κ3) is 3.72. The summed E-state index contributed by atoms with van der Waals surface area (Å²) in [5.74, 6) is -0.0240. The zero-order valence-corrected chi connectivity index (χ0v) is 15.1. The molecular weight excluding hydrogens is 330 g/mol. The van der Waals surface area contributed by atoms with Crippen LogP contribution in [0, 0.1) is 0 Å². The first-order valence-electron chi connectivity index (χ1n) is 8.75. The van der Waals surface area contributed by atoms with Crippen molar-refractivity contribution in [3.8, 4) is 5.75 Å². The maximum atomic E-state index is 12.8. The monoisotopic (exact) mass is 353 g/mol. The van der Waals surface area contributed by atoms with E-state index in [0.717, 1.165) is 28.9 Å². The number of benzene rings is 2. The van der Waals surface area contributed by atoms with E-state index in [1.165, 1.54) is 0 Å². The van der Waals surface area contributed by atoms with E-state index in [0.29, 0.717) is 19.5 Å². The van der Waals surface area contributed by atoms with Crippen molar-refractivity contribution < 1.29 is 19.4 Å². The molecule has 0 aliphatic carbocycles. The maximum absolute atomic E-state index is 12.8. The molecular formula is C21H23NO4. The number of ether oxygens (including phenoxy) is 1. The van der Waals surface area contributed by atoms with Crippen molar-refractivity contribution in [1.82, 2.24) is 4.90 Å². The fourth-order valence-corrected chi connectivity index (χ4v) is 3.48. The zero-order valence-electron chi connectivity index (χ0n) is 15.1. The number of carbonyl (C=O) groups excluding carboxylic acids is 1. The second-order valence-electron chi connectivity index (χ2n) is 6.70. The Hall–Kier alpha value is -2.82. The highest BCUT2D eigenvalue weighted by Gasteiger charge is 2.24. The van der Waals surface area contributed by atoms with Gasteiger partial charge in [-0.25, -0.2) is 4.79 Å². The topological polar surface area (TPSA) is 66.8 Å². The minimum atomic E-state index is -0.943. The van der Waals surface area contributed by atoms with Crippen LogP contribution >= 0.6 is 0 Å². The number of carboxylic acid groups (broad SMARTS) is 1. The predicted octanol–water partition coefficient (Wildman–Crippen LogP) is 3.47. The Morgan fingerprint density at radius 2 is 1.96 bits per heavy atom. The van der Waals surface area contributed by atoms with Crippen LogP contribution in [0.15, 0.2) is 42.5 Å². The molecule has 1 atom stereocenters. The van der Waals surface area contributed by atoms with Crippen molar-refractivity contribution in [1.29, 1.82) is 0 Å². The number of methoxy groups -OCH3 is 1. The van der Waals surface area contributed by atoms with Crippen LogP contribution < -0.4 is 4.74 Å². The Bertz CT molecular complexity index is 831. The molecule has 5 nitrogen and oxygen atoms in total. The molecule has 2 aromatic carbocycles. The van der Waals surface area contributed by atoms with Gasteiger partial charge in [0.15, 0.2) is 0 Å². The third-order valence-corrected chi connectivity index (χ3v) is 4.97. The fourth-order valence-electron chi connectivity index (χ4n) is 3.48. The molecule has 3 rings (SSSR count). The summed E-state index contributed by atoms with van der Waals surface area (Å²) in [5, 5.41) is 9.16. The van der Waals surface area contributed by atoms with Gasteiger partial charge < -0.3 is 14.7 Å². The van der Waals surface area contributed by atoms with Crippen LogP contribution in [-0.2, 0) is 17.8 Å². The largest absolute Gasteiger partial charge is 0.496 e.